The van der Waals surface area contributed by atoms with Crippen LogP contribution in [0, 0.1) is 0 Å². The van der Waals surface area contributed by atoms with E-state index >= 15 is 0 Å². The van der Waals surface area contributed by atoms with E-state index in [0.29, 0.717) is 5.71 Å². The molecule has 21 heavy (non-hydrogen) atoms. The molecule has 114 valence electrons. The molecule has 4 nitrogen and oxygen atoms in total. The first-order chi connectivity index (χ1) is 9.50. The Balaban J connectivity index is 2.55. The first-order valence-corrected chi connectivity index (χ1v) is 14.6. The predicted molar refractivity (Wildman–Crippen MR) is 95.9 cm³/mol. The minimum Gasteiger partial charge on any atom is -0.455 e. The summed E-state index contributed by atoms with van der Waals surface area (Å²) in [5.74, 6) is -0.0412. The Morgan fingerprint density at radius 1 is 1.14 bits per heavy atom. The van der Waals surface area contributed by atoms with Crippen LogP contribution in [0.3, 0.4) is 0 Å². The minimum absolute atomic E-state index is 0.0412. The van der Waals surface area contributed by atoms with Crippen LogP contribution >= 0.6 is 15.9 Å². The summed E-state index contributed by atoms with van der Waals surface area (Å²) < 4.78 is 8.48. The third-order valence-corrected chi connectivity index (χ3v) is 5.86. The van der Waals surface area contributed by atoms with Crippen molar-refractivity contribution in [2.75, 3.05) is 4.57 Å². The van der Waals surface area contributed by atoms with E-state index < -0.39 is 16.6 Å². The zero-order valence-electron chi connectivity index (χ0n) is 13.3. The van der Waals surface area contributed by atoms with Crippen molar-refractivity contribution in [3.8, 4) is 0 Å². The molecule has 7 heteroatoms. The third-order valence-electron chi connectivity index (χ3n) is 2.94. The van der Waals surface area contributed by atoms with Crippen LogP contribution < -0.4 is 4.57 Å². The second-order valence-corrected chi connectivity index (χ2v) is 17.2. The smallest absolute Gasteiger partial charge is 0.278 e. The Labute approximate surface area is 136 Å². The van der Waals surface area contributed by atoms with Gasteiger partial charge in [0, 0.05) is 15.7 Å². The van der Waals surface area contributed by atoms with Gasteiger partial charge < -0.3 is 9.09 Å². The molecule has 0 bridgehead atoms. The Kier molecular flexibility index (Phi) is 4.20. The highest BCUT2D eigenvalue weighted by atomic mass is 79.9. The number of hydrogen-bond donors (Lipinski definition) is 0. The zero-order valence-corrected chi connectivity index (χ0v) is 16.9. The van der Waals surface area contributed by atoms with Crippen LogP contribution in [-0.4, -0.2) is 28.2 Å². The van der Waals surface area contributed by atoms with Crippen LogP contribution in [0.2, 0.25) is 39.3 Å². The van der Waals surface area contributed by atoms with Crippen molar-refractivity contribution in [2.45, 2.75) is 39.3 Å². The summed E-state index contributed by atoms with van der Waals surface area (Å²) in [5, 5.41) is 4.21. The van der Waals surface area contributed by atoms with E-state index in [1.54, 1.807) is 0 Å². The first-order valence-electron chi connectivity index (χ1n) is 6.91. The number of amides is 1. The maximum absolute atomic E-state index is 12.8. The van der Waals surface area contributed by atoms with Gasteiger partial charge in [0.15, 0.2) is 13.9 Å². The summed E-state index contributed by atoms with van der Waals surface area (Å²) in [6.45, 7) is 12.6. The quantitative estimate of drug-likeness (QED) is 0.578. The van der Waals surface area contributed by atoms with Crippen molar-refractivity contribution in [2.24, 2.45) is 5.16 Å². The maximum Gasteiger partial charge on any atom is 0.278 e. The molecule has 0 unspecified atom stereocenters. The Hall–Kier alpha value is -0.926. The molecule has 1 heterocycles. The van der Waals surface area contributed by atoms with Gasteiger partial charge in [-0.1, -0.05) is 40.7 Å². The van der Waals surface area contributed by atoms with E-state index in [1.807, 2.05) is 22.8 Å². The van der Waals surface area contributed by atoms with Crippen LogP contribution in [0.25, 0.3) is 0 Å². The molecule has 1 aromatic rings. The van der Waals surface area contributed by atoms with E-state index in [0.717, 1.165) is 15.7 Å². The average molecular weight is 385 g/mol. The minimum atomic E-state index is -1.83. The molecule has 0 aromatic heterocycles. The summed E-state index contributed by atoms with van der Waals surface area (Å²) in [6.07, 6.45) is 0. The van der Waals surface area contributed by atoms with Crippen LogP contribution in [0.4, 0.5) is 5.69 Å². The lowest BCUT2D eigenvalue weighted by molar-refractivity contribution is -0.111. The maximum atomic E-state index is 12.8. The highest BCUT2D eigenvalue weighted by Gasteiger charge is 2.41. The number of hydrogen-bond acceptors (Lipinski definition) is 3. The summed E-state index contributed by atoms with van der Waals surface area (Å²) in [5.41, 5.74) is 2.23. The number of oxime groups is 1. The van der Waals surface area contributed by atoms with Crippen molar-refractivity contribution in [3.63, 3.8) is 0 Å². The topological polar surface area (TPSA) is 41.9 Å². The molecule has 0 fully saturated rings. The third kappa shape index (κ3) is 3.46. The van der Waals surface area contributed by atoms with E-state index in [1.165, 1.54) is 0 Å². The highest BCUT2D eigenvalue weighted by molar-refractivity contribution is 9.10. The summed E-state index contributed by atoms with van der Waals surface area (Å²) in [7, 11) is -3.64. The number of nitrogens with zero attached hydrogens (tertiary/aromatic N) is 2. The van der Waals surface area contributed by atoms with Crippen LogP contribution in [0.15, 0.2) is 27.8 Å². The standard InChI is InChI=1S/C14H21BrN2O2Si2/c1-20(2,3)17-12-8-7-10(15)9-11(12)13(14(17)18)16-19-21(4,5)6/h7-9H,1-6H3/b16-13-. The van der Waals surface area contributed by atoms with Crippen LogP contribution in [0.5, 0.6) is 0 Å². The lowest BCUT2D eigenvalue weighted by Crippen LogP contribution is -2.49. The van der Waals surface area contributed by atoms with Crippen LogP contribution in [0.1, 0.15) is 5.56 Å². The van der Waals surface area contributed by atoms with Crippen molar-refractivity contribution in [1.29, 1.82) is 0 Å². The Bertz CT molecular complexity index is 618. The predicted octanol–water partition coefficient (Wildman–Crippen LogP) is 4.19. The second-order valence-electron chi connectivity index (χ2n) is 7.12. The number of halogens is 1. The van der Waals surface area contributed by atoms with E-state index in [-0.39, 0.29) is 5.91 Å². The number of carbonyl (C=O) groups excluding carboxylic acids is 1. The molecule has 1 aromatic carbocycles. The van der Waals surface area contributed by atoms with Gasteiger partial charge in [-0.2, -0.15) is 0 Å². The number of anilines is 1. The molecule has 0 saturated carbocycles. The molecule has 0 radical (unpaired) electrons. The SMILES string of the molecule is C[Si](C)(C)O/N=C1\C(=O)N([Si](C)(C)C)c2ccc(Br)cc21. The monoisotopic (exact) mass is 384 g/mol. The molecule has 0 saturated heterocycles. The first kappa shape index (κ1) is 16.4. The largest absolute Gasteiger partial charge is 0.455 e. The van der Waals surface area contributed by atoms with Crippen molar-refractivity contribution < 1.29 is 9.32 Å². The molecular weight excluding hydrogens is 364 g/mol. The van der Waals surface area contributed by atoms with Crippen molar-refractivity contribution >= 4 is 49.8 Å². The van der Waals surface area contributed by atoms with Crippen molar-refractivity contribution in [3.05, 3.63) is 28.2 Å². The van der Waals surface area contributed by atoms with Gasteiger partial charge in [-0.05, 0) is 37.8 Å². The number of benzene rings is 1. The second kappa shape index (κ2) is 5.37. The van der Waals surface area contributed by atoms with Gasteiger partial charge >= 0.3 is 0 Å². The lowest BCUT2D eigenvalue weighted by Gasteiger charge is -2.30. The number of rotatable bonds is 3. The van der Waals surface area contributed by atoms with Gasteiger partial charge in [0.05, 0.1) is 0 Å². The molecule has 0 atom stereocenters. The van der Waals surface area contributed by atoms with E-state index in [9.17, 15) is 4.79 Å². The van der Waals surface area contributed by atoms with Gasteiger partial charge in [-0.15, -0.1) is 0 Å². The van der Waals surface area contributed by atoms with Gasteiger partial charge in [0.2, 0.25) is 0 Å². The Morgan fingerprint density at radius 3 is 2.29 bits per heavy atom. The normalized spacial score (nSPS) is 17.4. The molecule has 0 N–H and O–H groups in total. The lowest BCUT2D eigenvalue weighted by atomic mass is 10.1. The van der Waals surface area contributed by atoms with Crippen molar-refractivity contribution in [1.82, 2.24) is 0 Å². The van der Waals surface area contributed by atoms with Gasteiger partial charge in [-0.25, -0.2) is 0 Å². The molecule has 0 spiro atoms. The highest BCUT2D eigenvalue weighted by Crippen LogP contribution is 2.35. The summed E-state index contributed by atoms with van der Waals surface area (Å²) >= 11 is 3.47. The van der Waals surface area contributed by atoms with Gasteiger partial charge in [0.25, 0.3) is 14.2 Å². The van der Waals surface area contributed by atoms with Crippen LogP contribution in [-0.2, 0) is 9.32 Å². The number of carbonyl (C=O) groups is 1. The summed E-state index contributed by atoms with van der Waals surface area (Å²) in [4.78, 5) is 12.8. The zero-order chi connectivity index (χ0) is 16.0. The molecule has 0 aliphatic carbocycles. The van der Waals surface area contributed by atoms with Gasteiger partial charge in [-0.3, -0.25) is 4.79 Å². The fraction of sp³-hybridized carbons (Fsp3) is 0.429. The number of fused-ring (bicyclic) bond motifs is 1. The average Bonchev–Trinajstić information content (AvgIpc) is 2.56. The molecule has 1 amide bonds. The Morgan fingerprint density at radius 2 is 1.76 bits per heavy atom. The molecule has 2 rings (SSSR count). The molecule has 1 aliphatic heterocycles. The fourth-order valence-electron chi connectivity index (χ4n) is 2.16. The molecule has 1 aliphatic rings. The molecular formula is C14H21BrN2O2Si2. The van der Waals surface area contributed by atoms with E-state index in [4.69, 9.17) is 4.53 Å². The summed E-state index contributed by atoms with van der Waals surface area (Å²) in [6, 6.07) is 5.88. The van der Waals surface area contributed by atoms with Gasteiger partial charge in [0.1, 0.15) is 0 Å². The van der Waals surface area contributed by atoms with E-state index in [2.05, 4.69) is 60.4 Å². The fourth-order valence-corrected chi connectivity index (χ4v) is 4.52.